The summed E-state index contributed by atoms with van der Waals surface area (Å²) in [4.78, 5) is 11.0. The smallest absolute Gasteiger partial charge is 0.158 e. The molecule has 0 aliphatic carbocycles. The van der Waals surface area contributed by atoms with Crippen LogP contribution < -0.4 is 11.3 Å². The van der Waals surface area contributed by atoms with E-state index in [-0.39, 0.29) is 0 Å². The highest BCUT2D eigenvalue weighted by Crippen LogP contribution is 2.28. The number of hydrogen-bond donors (Lipinski definition) is 2. The molecule has 1 saturated heterocycles. The lowest BCUT2D eigenvalue weighted by atomic mass is 9.84. The van der Waals surface area contributed by atoms with Gasteiger partial charge in [0.1, 0.15) is 0 Å². The molecule has 3 N–H and O–H groups in total. The topological polar surface area (TPSA) is 67.1 Å². The third-order valence-electron chi connectivity index (χ3n) is 3.22. The molecule has 0 saturated carbocycles. The molecule has 5 heteroatoms. The fraction of sp³-hybridized carbons (Fsp3) is 0.667. The zero-order valence-electron chi connectivity index (χ0n) is 10.6. The molecule has 1 aliphatic rings. The van der Waals surface area contributed by atoms with Crippen molar-refractivity contribution in [2.24, 2.45) is 11.3 Å². The zero-order valence-corrected chi connectivity index (χ0v) is 10.6. The van der Waals surface area contributed by atoms with Crippen LogP contribution in [0.2, 0.25) is 0 Å². The van der Waals surface area contributed by atoms with E-state index in [4.69, 9.17) is 5.84 Å². The lowest BCUT2D eigenvalue weighted by Crippen LogP contribution is -2.39. The Balaban J connectivity index is 1.95. The van der Waals surface area contributed by atoms with E-state index < -0.39 is 0 Å². The summed E-state index contributed by atoms with van der Waals surface area (Å²) >= 11 is 0. The molecule has 0 amide bonds. The summed E-state index contributed by atoms with van der Waals surface area (Å²) in [6.07, 6.45) is 6.04. The summed E-state index contributed by atoms with van der Waals surface area (Å²) in [6.45, 7) is 7.81. The average Bonchev–Trinajstić information content (AvgIpc) is 2.29. The van der Waals surface area contributed by atoms with Gasteiger partial charge in [-0.1, -0.05) is 13.8 Å². The lowest BCUT2D eigenvalue weighted by molar-refractivity contribution is 0.110. The number of hydrogen-bond acceptors (Lipinski definition) is 5. The van der Waals surface area contributed by atoms with Crippen molar-refractivity contribution in [2.45, 2.75) is 33.2 Å². The first-order chi connectivity index (χ1) is 8.09. The third-order valence-corrected chi connectivity index (χ3v) is 3.22. The summed E-state index contributed by atoms with van der Waals surface area (Å²) in [5, 5.41) is 0. The van der Waals surface area contributed by atoms with Crippen LogP contribution in [0.25, 0.3) is 0 Å². The van der Waals surface area contributed by atoms with Gasteiger partial charge >= 0.3 is 0 Å². The number of piperidine rings is 1. The van der Waals surface area contributed by atoms with E-state index in [0.29, 0.717) is 11.2 Å². The van der Waals surface area contributed by atoms with Crippen LogP contribution in [0.5, 0.6) is 0 Å². The standard InChI is InChI=1S/C12H21N5/c1-12(2)4-3-5-17(9-12)8-10-6-15-11(16-13)7-14-10/h6-7H,3-5,8-9,13H2,1-2H3,(H,15,16). The molecule has 1 fully saturated rings. The summed E-state index contributed by atoms with van der Waals surface area (Å²) in [7, 11) is 0. The Morgan fingerprint density at radius 3 is 2.82 bits per heavy atom. The molecule has 0 spiro atoms. The highest BCUT2D eigenvalue weighted by Gasteiger charge is 2.26. The Morgan fingerprint density at radius 1 is 1.41 bits per heavy atom. The summed E-state index contributed by atoms with van der Waals surface area (Å²) in [5.74, 6) is 5.86. The highest BCUT2D eigenvalue weighted by molar-refractivity contribution is 5.28. The fourth-order valence-corrected chi connectivity index (χ4v) is 2.42. The van der Waals surface area contributed by atoms with Crippen molar-refractivity contribution in [1.82, 2.24) is 14.9 Å². The summed E-state index contributed by atoms with van der Waals surface area (Å²) in [5.41, 5.74) is 3.91. The molecular weight excluding hydrogens is 214 g/mol. The van der Waals surface area contributed by atoms with Gasteiger partial charge in [-0.05, 0) is 24.8 Å². The average molecular weight is 235 g/mol. The molecule has 0 radical (unpaired) electrons. The maximum absolute atomic E-state index is 5.26. The quantitative estimate of drug-likeness (QED) is 0.612. The Bertz CT molecular complexity index is 360. The van der Waals surface area contributed by atoms with Crippen LogP contribution in [0.15, 0.2) is 12.4 Å². The maximum atomic E-state index is 5.26. The minimum Gasteiger partial charge on any atom is -0.307 e. The molecule has 1 aromatic heterocycles. The van der Waals surface area contributed by atoms with Crippen molar-refractivity contribution in [3.05, 3.63) is 18.1 Å². The summed E-state index contributed by atoms with van der Waals surface area (Å²) in [6, 6.07) is 0. The van der Waals surface area contributed by atoms with Crippen molar-refractivity contribution < 1.29 is 0 Å². The number of nitrogen functional groups attached to an aromatic ring is 1. The van der Waals surface area contributed by atoms with Crippen molar-refractivity contribution in [3.8, 4) is 0 Å². The summed E-state index contributed by atoms with van der Waals surface area (Å²) < 4.78 is 0. The number of aromatic nitrogens is 2. The first-order valence-corrected chi connectivity index (χ1v) is 6.09. The molecule has 2 rings (SSSR count). The van der Waals surface area contributed by atoms with E-state index >= 15 is 0 Å². The van der Waals surface area contributed by atoms with Gasteiger partial charge in [0, 0.05) is 13.1 Å². The number of nitrogens with one attached hydrogen (secondary N) is 1. The van der Waals surface area contributed by atoms with Gasteiger partial charge in [0.15, 0.2) is 5.82 Å². The minimum absolute atomic E-state index is 0.421. The first kappa shape index (κ1) is 12.3. The second kappa shape index (κ2) is 4.98. The Labute approximate surface area is 102 Å². The third kappa shape index (κ3) is 3.38. The number of anilines is 1. The van der Waals surface area contributed by atoms with Crippen molar-refractivity contribution in [1.29, 1.82) is 0 Å². The Morgan fingerprint density at radius 2 is 2.24 bits per heavy atom. The number of likely N-dealkylation sites (tertiary alicyclic amines) is 1. The van der Waals surface area contributed by atoms with E-state index in [0.717, 1.165) is 25.3 Å². The fourth-order valence-electron chi connectivity index (χ4n) is 2.42. The van der Waals surface area contributed by atoms with Gasteiger partial charge in [-0.25, -0.2) is 10.8 Å². The van der Waals surface area contributed by atoms with E-state index in [9.17, 15) is 0 Å². The van der Waals surface area contributed by atoms with Gasteiger partial charge in [0.25, 0.3) is 0 Å². The van der Waals surface area contributed by atoms with E-state index in [1.54, 1.807) is 12.4 Å². The van der Waals surface area contributed by atoms with Gasteiger partial charge in [-0.15, -0.1) is 0 Å². The van der Waals surface area contributed by atoms with Crippen LogP contribution in [0.1, 0.15) is 32.4 Å². The predicted octanol–water partition coefficient (Wildman–Crippen LogP) is 1.38. The van der Waals surface area contributed by atoms with Crippen LogP contribution in [0, 0.1) is 5.41 Å². The zero-order chi connectivity index (χ0) is 12.3. The number of hydrazine groups is 1. The number of rotatable bonds is 3. The molecule has 1 aliphatic heterocycles. The van der Waals surface area contributed by atoms with Crippen LogP contribution in [-0.2, 0) is 6.54 Å². The van der Waals surface area contributed by atoms with Gasteiger partial charge in [-0.3, -0.25) is 9.88 Å². The molecular formula is C12H21N5. The molecule has 0 aromatic carbocycles. The van der Waals surface area contributed by atoms with Gasteiger partial charge < -0.3 is 5.43 Å². The molecule has 94 valence electrons. The Hall–Kier alpha value is -1.20. The normalized spacial score (nSPS) is 20.2. The van der Waals surface area contributed by atoms with Crippen molar-refractivity contribution in [3.63, 3.8) is 0 Å². The van der Waals surface area contributed by atoms with Crippen LogP contribution >= 0.6 is 0 Å². The van der Waals surface area contributed by atoms with Crippen LogP contribution in [-0.4, -0.2) is 28.0 Å². The number of nitrogens with zero attached hydrogens (tertiary/aromatic N) is 3. The maximum Gasteiger partial charge on any atom is 0.158 e. The van der Waals surface area contributed by atoms with Crippen LogP contribution in [0.3, 0.4) is 0 Å². The monoisotopic (exact) mass is 235 g/mol. The van der Waals surface area contributed by atoms with Crippen molar-refractivity contribution in [2.75, 3.05) is 18.5 Å². The van der Waals surface area contributed by atoms with Gasteiger partial charge in [0.2, 0.25) is 0 Å². The van der Waals surface area contributed by atoms with E-state index in [2.05, 4.69) is 34.1 Å². The SMILES string of the molecule is CC1(C)CCCN(Cc2cnc(NN)cn2)C1. The molecule has 1 aromatic rings. The second-order valence-corrected chi connectivity index (χ2v) is 5.52. The minimum atomic E-state index is 0.421. The largest absolute Gasteiger partial charge is 0.307 e. The van der Waals surface area contributed by atoms with Crippen molar-refractivity contribution >= 4 is 5.82 Å². The van der Waals surface area contributed by atoms with Gasteiger partial charge in [-0.2, -0.15) is 0 Å². The Kier molecular flexibility index (Phi) is 3.59. The van der Waals surface area contributed by atoms with E-state index in [1.165, 1.54) is 12.8 Å². The molecule has 5 nitrogen and oxygen atoms in total. The highest BCUT2D eigenvalue weighted by atomic mass is 15.3. The second-order valence-electron chi connectivity index (χ2n) is 5.52. The molecule has 0 bridgehead atoms. The molecule has 17 heavy (non-hydrogen) atoms. The molecule has 2 heterocycles. The predicted molar refractivity (Wildman–Crippen MR) is 68.1 cm³/mol. The van der Waals surface area contributed by atoms with Crippen LogP contribution in [0.4, 0.5) is 5.82 Å². The van der Waals surface area contributed by atoms with Gasteiger partial charge in [0.05, 0.1) is 18.1 Å². The molecule has 0 atom stereocenters. The number of nitrogens with two attached hydrogens (primary N) is 1. The lowest BCUT2D eigenvalue weighted by Gasteiger charge is -2.37. The van der Waals surface area contributed by atoms with E-state index in [1.807, 2.05) is 0 Å². The molecule has 0 unspecified atom stereocenters. The first-order valence-electron chi connectivity index (χ1n) is 6.09.